The molecule has 21 heavy (non-hydrogen) atoms. The highest BCUT2D eigenvalue weighted by Crippen LogP contribution is 2.20. The van der Waals surface area contributed by atoms with E-state index in [9.17, 15) is 13.2 Å². The average molecular weight is 308 g/mol. The molecule has 2 aromatic rings. The third kappa shape index (κ3) is 2.46. The van der Waals surface area contributed by atoms with E-state index in [1.165, 1.54) is 28.3 Å². The van der Waals surface area contributed by atoms with Crippen molar-refractivity contribution in [3.8, 4) is 6.07 Å². The zero-order chi connectivity index (χ0) is 15.8. The first-order chi connectivity index (χ1) is 9.80. The Balaban J connectivity index is 2.56. The molecule has 0 fully saturated rings. The molecule has 1 aromatic carbocycles. The van der Waals surface area contributed by atoms with Crippen molar-refractivity contribution >= 4 is 21.1 Å². The van der Waals surface area contributed by atoms with Crippen molar-refractivity contribution in [2.24, 2.45) is 14.1 Å². The number of benzene rings is 1. The maximum absolute atomic E-state index is 12.4. The lowest BCUT2D eigenvalue weighted by Gasteiger charge is -2.15. The molecule has 8 heteroatoms. The molecule has 2 rings (SSSR count). The minimum atomic E-state index is -3.67. The van der Waals surface area contributed by atoms with E-state index in [0.717, 1.165) is 4.31 Å². The molecule has 0 spiro atoms. The second-order valence-electron chi connectivity index (χ2n) is 4.79. The van der Waals surface area contributed by atoms with Crippen molar-refractivity contribution in [3.63, 3.8) is 0 Å². The average Bonchev–Trinajstić information content (AvgIpc) is 2.69. The number of hydrogen-bond donors (Lipinski definition) is 0. The Kier molecular flexibility index (Phi) is 3.89. The van der Waals surface area contributed by atoms with Crippen LogP contribution >= 0.6 is 0 Å². The van der Waals surface area contributed by atoms with Gasteiger partial charge in [-0.25, -0.2) is 13.2 Å². The van der Waals surface area contributed by atoms with Gasteiger partial charge < -0.3 is 0 Å². The Labute approximate surface area is 122 Å². The quantitative estimate of drug-likeness (QED) is 0.818. The second kappa shape index (κ2) is 5.35. The third-order valence-electron chi connectivity index (χ3n) is 3.49. The number of nitriles is 1. The predicted octanol–water partition coefficient (Wildman–Crippen LogP) is 0.411. The largest absolute Gasteiger partial charge is 0.328 e. The molecule has 1 aromatic heterocycles. The summed E-state index contributed by atoms with van der Waals surface area (Å²) in [5, 5.41) is 8.55. The molecule has 7 nitrogen and oxygen atoms in total. The summed E-state index contributed by atoms with van der Waals surface area (Å²) in [6, 6.07) is 6.48. The van der Waals surface area contributed by atoms with Gasteiger partial charge in [-0.05, 0) is 18.2 Å². The van der Waals surface area contributed by atoms with E-state index in [1.54, 1.807) is 20.2 Å². The molecule has 0 aliphatic carbocycles. The van der Waals surface area contributed by atoms with Crippen LogP contribution in [0.4, 0.5) is 0 Å². The maximum Gasteiger partial charge on any atom is 0.328 e. The van der Waals surface area contributed by atoms with Crippen molar-refractivity contribution < 1.29 is 8.42 Å². The summed E-state index contributed by atoms with van der Waals surface area (Å²) in [5.74, 6) is 0. The van der Waals surface area contributed by atoms with Crippen LogP contribution in [0.1, 0.15) is 6.42 Å². The number of rotatable bonds is 4. The maximum atomic E-state index is 12.4. The van der Waals surface area contributed by atoms with Gasteiger partial charge in [0.15, 0.2) is 0 Å². The molecular formula is C13H16N4O3S. The van der Waals surface area contributed by atoms with Gasteiger partial charge in [-0.2, -0.15) is 9.57 Å². The van der Waals surface area contributed by atoms with E-state index >= 15 is 0 Å². The summed E-state index contributed by atoms with van der Waals surface area (Å²) in [5.41, 5.74) is 1.01. The van der Waals surface area contributed by atoms with Crippen LogP contribution in [-0.4, -0.2) is 35.4 Å². The van der Waals surface area contributed by atoms with Crippen molar-refractivity contribution in [1.29, 1.82) is 5.26 Å². The molecule has 0 saturated heterocycles. The number of aryl methyl sites for hydroxylation is 2. The molecule has 0 aliphatic heterocycles. The highest BCUT2D eigenvalue weighted by Gasteiger charge is 2.21. The van der Waals surface area contributed by atoms with Crippen molar-refractivity contribution in [3.05, 3.63) is 28.7 Å². The van der Waals surface area contributed by atoms with Gasteiger partial charge in [0.05, 0.1) is 22.0 Å². The normalized spacial score (nSPS) is 12.0. The number of aromatic nitrogens is 2. The van der Waals surface area contributed by atoms with Crippen LogP contribution in [-0.2, 0) is 24.1 Å². The first-order valence-electron chi connectivity index (χ1n) is 6.29. The van der Waals surface area contributed by atoms with Crippen LogP contribution in [0.5, 0.6) is 0 Å². The smallest absolute Gasteiger partial charge is 0.295 e. The van der Waals surface area contributed by atoms with E-state index in [2.05, 4.69) is 0 Å². The lowest BCUT2D eigenvalue weighted by molar-refractivity contribution is 0.476. The summed E-state index contributed by atoms with van der Waals surface area (Å²) >= 11 is 0. The fraction of sp³-hybridized carbons (Fsp3) is 0.385. The molecule has 0 N–H and O–H groups in total. The lowest BCUT2D eigenvalue weighted by atomic mass is 10.3. The van der Waals surface area contributed by atoms with Gasteiger partial charge in [0, 0.05) is 34.1 Å². The number of hydrogen-bond acceptors (Lipinski definition) is 4. The van der Waals surface area contributed by atoms with Gasteiger partial charge in [0.25, 0.3) is 0 Å². The fourth-order valence-corrected chi connectivity index (χ4v) is 3.35. The highest BCUT2D eigenvalue weighted by molar-refractivity contribution is 7.89. The van der Waals surface area contributed by atoms with E-state index < -0.39 is 10.0 Å². The van der Waals surface area contributed by atoms with Crippen molar-refractivity contribution in [2.75, 3.05) is 13.6 Å². The second-order valence-corrected chi connectivity index (χ2v) is 6.83. The Morgan fingerprint density at radius 3 is 2.48 bits per heavy atom. The molecule has 112 valence electrons. The zero-order valence-corrected chi connectivity index (χ0v) is 12.9. The summed E-state index contributed by atoms with van der Waals surface area (Å²) in [6.07, 6.45) is 0.127. The van der Waals surface area contributed by atoms with Gasteiger partial charge in [-0.15, -0.1) is 0 Å². The van der Waals surface area contributed by atoms with Crippen LogP contribution in [0.3, 0.4) is 0 Å². The summed E-state index contributed by atoms with van der Waals surface area (Å²) in [4.78, 5) is 12.0. The summed E-state index contributed by atoms with van der Waals surface area (Å²) < 4.78 is 28.8. The zero-order valence-electron chi connectivity index (χ0n) is 12.1. The van der Waals surface area contributed by atoms with E-state index in [0.29, 0.717) is 11.0 Å². The molecule has 0 atom stereocenters. The van der Waals surface area contributed by atoms with Crippen LogP contribution < -0.4 is 5.69 Å². The fourth-order valence-electron chi connectivity index (χ4n) is 2.15. The molecule has 0 saturated carbocycles. The van der Waals surface area contributed by atoms with Crippen LogP contribution in [0, 0.1) is 11.3 Å². The first-order valence-corrected chi connectivity index (χ1v) is 7.73. The molecular weight excluding hydrogens is 292 g/mol. The Morgan fingerprint density at radius 2 is 1.86 bits per heavy atom. The molecule has 0 aliphatic rings. The van der Waals surface area contributed by atoms with E-state index in [-0.39, 0.29) is 23.6 Å². The Hall–Kier alpha value is -2.11. The minimum absolute atomic E-state index is 0.108. The van der Waals surface area contributed by atoms with Gasteiger partial charge >= 0.3 is 5.69 Å². The van der Waals surface area contributed by atoms with Crippen LogP contribution in [0.2, 0.25) is 0 Å². The monoisotopic (exact) mass is 308 g/mol. The van der Waals surface area contributed by atoms with Gasteiger partial charge in [-0.1, -0.05) is 0 Å². The number of sulfonamides is 1. The molecule has 0 amide bonds. The molecule has 0 unspecified atom stereocenters. The SMILES string of the molecule is CN(CCC#N)S(=O)(=O)c1ccc2c(c1)n(C)c(=O)n2C. The van der Waals surface area contributed by atoms with Crippen LogP contribution in [0.25, 0.3) is 11.0 Å². The number of fused-ring (bicyclic) bond motifs is 1. The summed E-state index contributed by atoms with van der Waals surface area (Å²) in [7, 11) is 1.00. The van der Waals surface area contributed by atoms with Crippen LogP contribution in [0.15, 0.2) is 27.9 Å². The minimum Gasteiger partial charge on any atom is -0.295 e. The van der Waals surface area contributed by atoms with Crippen molar-refractivity contribution in [1.82, 2.24) is 13.4 Å². The topological polar surface area (TPSA) is 88.1 Å². The third-order valence-corrected chi connectivity index (χ3v) is 5.34. The molecule has 0 bridgehead atoms. The number of nitrogens with zero attached hydrogens (tertiary/aromatic N) is 4. The van der Waals surface area contributed by atoms with Gasteiger partial charge in [0.2, 0.25) is 10.0 Å². The Bertz CT molecular complexity index is 887. The predicted molar refractivity (Wildman–Crippen MR) is 78.2 cm³/mol. The highest BCUT2D eigenvalue weighted by atomic mass is 32.2. The van der Waals surface area contributed by atoms with Gasteiger partial charge in [-0.3, -0.25) is 9.13 Å². The first kappa shape index (κ1) is 15.3. The number of imidazole rings is 1. The van der Waals surface area contributed by atoms with E-state index in [4.69, 9.17) is 5.26 Å². The Morgan fingerprint density at radius 1 is 1.24 bits per heavy atom. The van der Waals surface area contributed by atoms with E-state index in [1.807, 2.05) is 6.07 Å². The van der Waals surface area contributed by atoms with Crippen molar-refractivity contribution in [2.45, 2.75) is 11.3 Å². The van der Waals surface area contributed by atoms with Gasteiger partial charge in [0.1, 0.15) is 0 Å². The lowest BCUT2D eigenvalue weighted by Crippen LogP contribution is -2.27. The summed E-state index contributed by atoms with van der Waals surface area (Å²) in [6.45, 7) is 0.130. The molecule has 1 heterocycles. The standard InChI is InChI=1S/C13H16N4O3S/c1-15(8-4-7-14)21(19,20)10-5-6-11-12(9-10)17(3)13(18)16(11)2/h5-6,9H,4,8H2,1-3H3. The molecule has 0 radical (unpaired) electrons.